The van der Waals surface area contributed by atoms with Crippen molar-refractivity contribution < 1.29 is 9.15 Å². The molecule has 0 radical (unpaired) electrons. The molecule has 0 unspecified atom stereocenters. The van der Waals surface area contributed by atoms with Crippen molar-refractivity contribution in [3.05, 3.63) is 47.7 Å². The molecule has 2 rings (SSSR count). The Hall–Kier alpha value is -1.81. The van der Waals surface area contributed by atoms with E-state index in [-0.39, 0.29) is 5.54 Å². The van der Waals surface area contributed by atoms with Gasteiger partial charge in [-0.2, -0.15) is 0 Å². The first-order valence-electron chi connectivity index (χ1n) is 6.80. The Bertz CT molecular complexity index is 538. The van der Waals surface area contributed by atoms with E-state index in [1.807, 2.05) is 31.2 Å². The first kappa shape index (κ1) is 14.6. The van der Waals surface area contributed by atoms with Gasteiger partial charge in [0.1, 0.15) is 23.9 Å². The molecule has 0 amide bonds. The van der Waals surface area contributed by atoms with E-state index in [4.69, 9.17) is 9.15 Å². The van der Waals surface area contributed by atoms with E-state index < -0.39 is 0 Å². The molecular formula is C16H22N2O2. The lowest BCUT2D eigenvalue weighted by Gasteiger charge is -2.19. The Morgan fingerprint density at radius 1 is 1.15 bits per heavy atom. The molecule has 0 fully saturated rings. The smallest absolute Gasteiger partial charge is 0.146 e. The lowest BCUT2D eigenvalue weighted by atomic mass is 10.1. The third kappa shape index (κ3) is 4.70. The Kier molecular flexibility index (Phi) is 4.45. The van der Waals surface area contributed by atoms with Crippen LogP contribution in [0.25, 0.3) is 0 Å². The topological polar surface area (TPSA) is 47.3 Å². The maximum atomic E-state index is 5.72. The maximum absolute atomic E-state index is 5.72. The standard InChI is InChI=1S/C16H22N2O2/c1-12-5-6-13(9-17-12)19-11-15-8-7-14(20-15)10-18-16(2,3)4/h5-9,18H,10-11H2,1-4H3. The minimum Gasteiger partial charge on any atom is -0.484 e. The molecule has 0 atom stereocenters. The number of nitrogens with one attached hydrogen (secondary N) is 1. The Morgan fingerprint density at radius 3 is 2.55 bits per heavy atom. The number of aryl methyl sites for hydroxylation is 1. The van der Waals surface area contributed by atoms with Crippen LogP contribution in [-0.2, 0) is 13.2 Å². The Morgan fingerprint density at radius 2 is 1.90 bits per heavy atom. The molecule has 2 aromatic rings. The monoisotopic (exact) mass is 274 g/mol. The molecule has 0 bridgehead atoms. The summed E-state index contributed by atoms with van der Waals surface area (Å²) in [4.78, 5) is 4.19. The first-order valence-corrected chi connectivity index (χ1v) is 6.80. The quantitative estimate of drug-likeness (QED) is 0.907. The van der Waals surface area contributed by atoms with Crippen LogP contribution in [0.3, 0.4) is 0 Å². The number of aromatic nitrogens is 1. The predicted octanol–water partition coefficient (Wildman–Crippen LogP) is 3.45. The number of ether oxygens (including phenoxy) is 1. The molecule has 0 aliphatic heterocycles. The van der Waals surface area contributed by atoms with Gasteiger partial charge in [-0.15, -0.1) is 0 Å². The normalized spacial score (nSPS) is 11.6. The number of furan rings is 1. The minimum absolute atomic E-state index is 0.0804. The van der Waals surface area contributed by atoms with Gasteiger partial charge in [-0.1, -0.05) is 0 Å². The van der Waals surface area contributed by atoms with E-state index >= 15 is 0 Å². The van der Waals surface area contributed by atoms with Gasteiger partial charge >= 0.3 is 0 Å². The van der Waals surface area contributed by atoms with Gasteiger partial charge in [-0.3, -0.25) is 4.98 Å². The average Bonchev–Trinajstić information content (AvgIpc) is 2.83. The molecule has 0 saturated heterocycles. The summed E-state index contributed by atoms with van der Waals surface area (Å²) in [5.74, 6) is 2.48. The highest BCUT2D eigenvalue weighted by Gasteiger charge is 2.10. The molecule has 0 aromatic carbocycles. The summed E-state index contributed by atoms with van der Waals surface area (Å²) in [6, 6.07) is 7.76. The zero-order chi connectivity index (χ0) is 14.6. The molecule has 2 heterocycles. The van der Waals surface area contributed by atoms with Crippen LogP contribution in [-0.4, -0.2) is 10.5 Å². The van der Waals surface area contributed by atoms with E-state index in [2.05, 4.69) is 31.1 Å². The molecular weight excluding hydrogens is 252 g/mol. The largest absolute Gasteiger partial charge is 0.484 e. The second-order valence-electron chi connectivity index (χ2n) is 5.90. The van der Waals surface area contributed by atoms with E-state index in [1.54, 1.807) is 6.20 Å². The van der Waals surface area contributed by atoms with Crippen LogP contribution in [0.1, 0.15) is 38.0 Å². The lowest BCUT2D eigenvalue weighted by molar-refractivity contribution is 0.262. The second-order valence-corrected chi connectivity index (χ2v) is 5.90. The van der Waals surface area contributed by atoms with Crippen LogP contribution < -0.4 is 10.1 Å². The number of rotatable bonds is 5. The van der Waals surface area contributed by atoms with Crippen molar-refractivity contribution in [2.45, 2.75) is 46.4 Å². The maximum Gasteiger partial charge on any atom is 0.146 e. The number of hydrogen-bond acceptors (Lipinski definition) is 4. The zero-order valence-corrected chi connectivity index (χ0v) is 12.6. The van der Waals surface area contributed by atoms with Crippen molar-refractivity contribution >= 4 is 0 Å². The van der Waals surface area contributed by atoms with Crippen LogP contribution in [0.2, 0.25) is 0 Å². The molecule has 2 aromatic heterocycles. The van der Waals surface area contributed by atoms with Crippen LogP contribution in [0, 0.1) is 6.92 Å². The van der Waals surface area contributed by atoms with Crippen molar-refractivity contribution in [1.29, 1.82) is 0 Å². The molecule has 4 heteroatoms. The van der Waals surface area contributed by atoms with Gasteiger partial charge in [-0.05, 0) is 52.0 Å². The molecule has 1 N–H and O–H groups in total. The summed E-state index contributed by atoms with van der Waals surface area (Å²) < 4.78 is 11.3. The fourth-order valence-corrected chi connectivity index (χ4v) is 1.64. The predicted molar refractivity (Wildman–Crippen MR) is 78.6 cm³/mol. The molecule has 0 aliphatic carbocycles. The van der Waals surface area contributed by atoms with Crippen LogP contribution in [0.5, 0.6) is 5.75 Å². The SMILES string of the molecule is Cc1ccc(OCc2ccc(CNC(C)(C)C)o2)cn1. The fourth-order valence-electron chi connectivity index (χ4n) is 1.64. The second kappa shape index (κ2) is 6.09. The first-order chi connectivity index (χ1) is 9.42. The Labute approximate surface area is 120 Å². The summed E-state index contributed by atoms with van der Waals surface area (Å²) in [6.07, 6.45) is 1.72. The number of nitrogens with zero attached hydrogens (tertiary/aromatic N) is 1. The van der Waals surface area contributed by atoms with Crippen molar-refractivity contribution in [1.82, 2.24) is 10.3 Å². The highest BCUT2D eigenvalue weighted by Crippen LogP contribution is 2.14. The van der Waals surface area contributed by atoms with E-state index in [0.717, 1.165) is 29.5 Å². The lowest BCUT2D eigenvalue weighted by Crippen LogP contribution is -2.34. The average molecular weight is 274 g/mol. The van der Waals surface area contributed by atoms with Gasteiger partial charge in [0, 0.05) is 11.2 Å². The number of hydrogen-bond donors (Lipinski definition) is 1. The van der Waals surface area contributed by atoms with Gasteiger partial charge in [-0.25, -0.2) is 0 Å². The van der Waals surface area contributed by atoms with Gasteiger partial charge in [0.25, 0.3) is 0 Å². The third-order valence-corrected chi connectivity index (χ3v) is 2.78. The third-order valence-electron chi connectivity index (χ3n) is 2.78. The molecule has 108 valence electrons. The summed E-state index contributed by atoms with van der Waals surface area (Å²) in [6.45, 7) is 9.47. The van der Waals surface area contributed by atoms with E-state index in [9.17, 15) is 0 Å². The van der Waals surface area contributed by atoms with E-state index in [1.165, 1.54) is 0 Å². The molecule has 0 saturated carbocycles. The highest BCUT2D eigenvalue weighted by atomic mass is 16.5. The van der Waals surface area contributed by atoms with Crippen molar-refractivity contribution in [3.8, 4) is 5.75 Å². The van der Waals surface area contributed by atoms with E-state index in [0.29, 0.717) is 6.61 Å². The van der Waals surface area contributed by atoms with Gasteiger partial charge in [0.05, 0.1) is 12.7 Å². The van der Waals surface area contributed by atoms with Gasteiger partial charge in [0.15, 0.2) is 0 Å². The zero-order valence-electron chi connectivity index (χ0n) is 12.6. The number of pyridine rings is 1. The van der Waals surface area contributed by atoms with Crippen molar-refractivity contribution in [2.24, 2.45) is 0 Å². The van der Waals surface area contributed by atoms with Crippen LogP contribution in [0.15, 0.2) is 34.9 Å². The van der Waals surface area contributed by atoms with Crippen LogP contribution in [0.4, 0.5) is 0 Å². The summed E-state index contributed by atoms with van der Waals surface area (Å²) in [5, 5.41) is 3.39. The van der Waals surface area contributed by atoms with Crippen LogP contribution >= 0.6 is 0 Å². The summed E-state index contributed by atoms with van der Waals surface area (Å²) >= 11 is 0. The highest BCUT2D eigenvalue weighted by molar-refractivity contribution is 5.19. The minimum atomic E-state index is 0.0804. The van der Waals surface area contributed by atoms with Crippen molar-refractivity contribution in [2.75, 3.05) is 0 Å². The fraction of sp³-hybridized carbons (Fsp3) is 0.438. The molecule has 20 heavy (non-hydrogen) atoms. The van der Waals surface area contributed by atoms with Gasteiger partial charge < -0.3 is 14.5 Å². The molecule has 0 aliphatic rings. The summed E-state index contributed by atoms with van der Waals surface area (Å²) in [7, 11) is 0. The van der Waals surface area contributed by atoms with Gasteiger partial charge in [0.2, 0.25) is 0 Å². The summed E-state index contributed by atoms with van der Waals surface area (Å²) in [5.41, 5.74) is 1.06. The Balaban J connectivity index is 1.85. The van der Waals surface area contributed by atoms with Crippen molar-refractivity contribution in [3.63, 3.8) is 0 Å². The molecule has 0 spiro atoms. The molecule has 4 nitrogen and oxygen atoms in total.